The average molecular weight is 230 g/mol. The van der Waals surface area contributed by atoms with Gasteiger partial charge in [0.15, 0.2) is 11.6 Å². The predicted octanol–water partition coefficient (Wildman–Crippen LogP) is 2.45. The van der Waals surface area contributed by atoms with Crippen LogP contribution in [-0.2, 0) is 10.3 Å². The minimum absolute atomic E-state index is 0.0654. The van der Waals surface area contributed by atoms with Crippen molar-refractivity contribution in [3.63, 3.8) is 0 Å². The van der Waals surface area contributed by atoms with Crippen LogP contribution in [0.15, 0.2) is 18.2 Å². The Labute approximate surface area is 93.9 Å². The van der Waals surface area contributed by atoms with E-state index in [2.05, 4.69) is 0 Å². The molecule has 0 saturated heterocycles. The van der Waals surface area contributed by atoms with Crippen molar-refractivity contribution in [2.45, 2.75) is 19.4 Å². The number of hydrogen-bond donors (Lipinski definition) is 1. The first-order chi connectivity index (χ1) is 7.43. The second kappa shape index (κ2) is 4.89. The van der Waals surface area contributed by atoms with Crippen LogP contribution in [0.25, 0.3) is 0 Å². The minimum Gasteiger partial charge on any atom is -0.382 e. The second-order valence-corrected chi connectivity index (χ2v) is 4.11. The first kappa shape index (κ1) is 13.1. The standard InChI is InChI=1S/C12H16F2O2/c1-8(2)12(15,7-16-3)9-5-4-6-10(13)11(9)14/h4-6,8,15H,7H2,1-3H3. The lowest BCUT2D eigenvalue weighted by Crippen LogP contribution is -2.38. The number of aliphatic hydroxyl groups is 1. The number of halogens is 2. The summed E-state index contributed by atoms with van der Waals surface area (Å²) in [7, 11) is 1.41. The fourth-order valence-electron chi connectivity index (χ4n) is 1.61. The van der Waals surface area contributed by atoms with Gasteiger partial charge in [0.1, 0.15) is 5.60 Å². The van der Waals surface area contributed by atoms with Gasteiger partial charge in [-0.05, 0) is 12.0 Å². The maximum absolute atomic E-state index is 13.6. The zero-order valence-electron chi connectivity index (χ0n) is 9.63. The van der Waals surface area contributed by atoms with Gasteiger partial charge in [-0.2, -0.15) is 0 Å². The SMILES string of the molecule is COCC(O)(c1cccc(F)c1F)C(C)C. The van der Waals surface area contributed by atoms with E-state index in [1.54, 1.807) is 13.8 Å². The third kappa shape index (κ3) is 2.23. The zero-order valence-corrected chi connectivity index (χ0v) is 9.63. The van der Waals surface area contributed by atoms with Crippen LogP contribution >= 0.6 is 0 Å². The van der Waals surface area contributed by atoms with Crippen LogP contribution in [0.5, 0.6) is 0 Å². The van der Waals surface area contributed by atoms with Crippen LogP contribution in [0.2, 0.25) is 0 Å². The lowest BCUT2D eigenvalue weighted by Gasteiger charge is -2.32. The van der Waals surface area contributed by atoms with Gasteiger partial charge in [-0.15, -0.1) is 0 Å². The smallest absolute Gasteiger partial charge is 0.164 e. The summed E-state index contributed by atoms with van der Waals surface area (Å²) < 4.78 is 31.6. The van der Waals surface area contributed by atoms with Crippen molar-refractivity contribution in [1.29, 1.82) is 0 Å². The fraction of sp³-hybridized carbons (Fsp3) is 0.500. The van der Waals surface area contributed by atoms with Gasteiger partial charge in [-0.25, -0.2) is 8.78 Å². The molecule has 1 rings (SSSR count). The highest BCUT2D eigenvalue weighted by Crippen LogP contribution is 2.32. The molecule has 0 fully saturated rings. The quantitative estimate of drug-likeness (QED) is 0.861. The van der Waals surface area contributed by atoms with Crippen molar-refractivity contribution in [2.24, 2.45) is 5.92 Å². The summed E-state index contributed by atoms with van der Waals surface area (Å²) in [4.78, 5) is 0. The normalized spacial score (nSPS) is 15.2. The Morgan fingerprint density at radius 2 is 2.00 bits per heavy atom. The maximum atomic E-state index is 13.6. The number of benzene rings is 1. The number of ether oxygens (including phenoxy) is 1. The Morgan fingerprint density at radius 1 is 1.38 bits per heavy atom. The molecule has 0 aliphatic rings. The predicted molar refractivity (Wildman–Crippen MR) is 57.0 cm³/mol. The number of methoxy groups -OCH3 is 1. The number of rotatable bonds is 4. The molecule has 0 amide bonds. The van der Waals surface area contributed by atoms with Crippen molar-refractivity contribution < 1.29 is 18.6 Å². The van der Waals surface area contributed by atoms with Crippen LogP contribution in [0.1, 0.15) is 19.4 Å². The molecule has 0 heterocycles. The molecular weight excluding hydrogens is 214 g/mol. The lowest BCUT2D eigenvalue weighted by molar-refractivity contribution is -0.0726. The highest BCUT2D eigenvalue weighted by atomic mass is 19.2. The highest BCUT2D eigenvalue weighted by Gasteiger charge is 2.36. The van der Waals surface area contributed by atoms with Gasteiger partial charge in [0, 0.05) is 12.7 Å². The summed E-state index contributed by atoms with van der Waals surface area (Å²) in [6.45, 7) is 3.37. The Morgan fingerprint density at radius 3 is 2.50 bits per heavy atom. The van der Waals surface area contributed by atoms with E-state index in [4.69, 9.17) is 4.74 Å². The molecule has 0 radical (unpaired) electrons. The van der Waals surface area contributed by atoms with Crippen LogP contribution in [-0.4, -0.2) is 18.8 Å². The van der Waals surface area contributed by atoms with Crippen molar-refractivity contribution in [3.05, 3.63) is 35.4 Å². The van der Waals surface area contributed by atoms with Gasteiger partial charge in [-0.3, -0.25) is 0 Å². The summed E-state index contributed by atoms with van der Waals surface area (Å²) in [5, 5.41) is 10.3. The molecule has 0 bridgehead atoms. The fourth-order valence-corrected chi connectivity index (χ4v) is 1.61. The van der Waals surface area contributed by atoms with Crippen LogP contribution in [0.4, 0.5) is 8.78 Å². The molecule has 1 aromatic carbocycles. The topological polar surface area (TPSA) is 29.5 Å². The lowest BCUT2D eigenvalue weighted by atomic mass is 9.83. The van der Waals surface area contributed by atoms with Gasteiger partial charge in [0.2, 0.25) is 0 Å². The van der Waals surface area contributed by atoms with Crippen molar-refractivity contribution in [2.75, 3.05) is 13.7 Å². The molecule has 16 heavy (non-hydrogen) atoms. The summed E-state index contributed by atoms with van der Waals surface area (Å²) >= 11 is 0. The molecule has 0 aliphatic carbocycles. The third-order valence-electron chi connectivity index (χ3n) is 2.74. The van der Waals surface area contributed by atoms with Crippen LogP contribution in [0.3, 0.4) is 0 Å². The average Bonchev–Trinajstić information content (AvgIpc) is 2.22. The first-order valence-electron chi connectivity index (χ1n) is 5.09. The van der Waals surface area contributed by atoms with E-state index in [9.17, 15) is 13.9 Å². The Bertz CT molecular complexity index is 366. The summed E-state index contributed by atoms with van der Waals surface area (Å²) in [6, 6.07) is 3.76. The Kier molecular flexibility index (Phi) is 3.99. The molecule has 1 unspecified atom stereocenters. The summed E-state index contributed by atoms with van der Waals surface area (Å²) in [6.07, 6.45) is 0. The van der Waals surface area contributed by atoms with Gasteiger partial charge >= 0.3 is 0 Å². The zero-order chi connectivity index (χ0) is 12.3. The summed E-state index contributed by atoms with van der Waals surface area (Å²) in [5.41, 5.74) is -1.58. The molecule has 0 spiro atoms. The number of hydrogen-bond acceptors (Lipinski definition) is 2. The molecule has 90 valence electrons. The molecule has 0 aromatic heterocycles. The Balaban J connectivity index is 3.26. The van der Waals surface area contributed by atoms with Crippen LogP contribution in [0, 0.1) is 17.6 Å². The van der Waals surface area contributed by atoms with E-state index in [0.29, 0.717) is 0 Å². The molecule has 0 aliphatic heterocycles. The van der Waals surface area contributed by atoms with Gasteiger partial charge < -0.3 is 9.84 Å². The van der Waals surface area contributed by atoms with E-state index in [0.717, 1.165) is 6.07 Å². The molecule has 1 N–H and O–H groups in total. The maximum Gasteiger partial charge on any atom is 0.164 e. The Hall–Kier alpha value is -1.00. The third-order valence-corrected chi connectivity index (χ3v) is 2.74. The van der Waals surface area contributed by atoms with Gasteiger partial charge in [0.25, 0.3) is 0 Å². The largest absolute Gasteiger partial charge is 0.382 e. The van der Waals surface area contributed by atoms with E-state index < -0.39 is 17.2 Å². The highest BCUT2D eigenvalue weighted by molar-refractivity contribution is 5.26. The second-order valence-electron chi connectivity index (χ2n) is 4.11. The van der Waals surface area contributed by atoms with E-state index in [-0.39, 0.29) is 18.1 Å². The van der Waals surface area contributed by atoms with Crippen LogP contribution < -0.4 is 0 Å². The van der Waals surface area contributed by atoms with E-state index in [1.807, 2.05) is 0 Å². The van der Waals surface area contributed by atoms with E-state index >= 15 is 0 Å². The van der Waals surface area contributed by atoms with Crippen molar-refractivity contribution in [3.8, 4) is 0 Å². The van der Waals surface area contributed by atoms with Gasteiger partial charge in [-0.1, -0.05) is 26.0 Å². The first-order valence-corrected chi connectivity index (χ1v) is 5.09. The molecular formula is C12H16F2O2. The van der Waals surface area contributed by atoms with Crippen molar-refractivity contribution >= 4 is 0 Å². The molecule has 4 heteroatoms. The molecule has 1 aromatic rings. The molecule has 1 atom stereocenters. The van der Waals surface area contributed by atoms with Gasteiger partial charge in [0.05, 0.1) is 6.61 Å². The molecule has 0 saturated carbocycles. The summed E-state index contributed by atoms with van der Waals surface area (Å²) in [5.74, 6) is -2.27. The van der Waals surface area contributed by atoms with Crippen molar-refractivity contribution in [1.82, 2.24) is 0 Å². The monoisotopic (exact) mass is 230 g/mol. The minimum atomic E-state index is -1.51. The van der Waals surface area contributed by atoms with E-state index in [1.165, 1.54) is 19.2 Å². The molecule has 2 nitrogen and oxygen atoms in total.